The molecular weight excluding hydrogens is 183 g/mol. The van der Waals surface area contributed by atoms with Crippen molar-refractivity contribution in [1.29, 1.82) is 0 Å². The standard InChI is InChI=1S/C5H6BBrS/c1-6(7)5-3-2-4-8-5/h2-4H,1H3. The summed E-state index contributed by atoms with van der Waals surface area (Å²) in [6.45, 7) is 2.13. The second-order valence-corrected chi connectivity index (χ2v) is 3.98. The minimum absolute atomic E-state index is 0.516. The lowest BCUT2D eigenvalue weighted by Crippen LogP contribution is -2.13. The van der Waals surface area contributed by atoms with Crippen molar-refractivity contribution in [1.82, 2.24) is 0 Å². The number of thiophene rings is 1. The van der Waals surface area contributed by atoms with Crippen LogP contribution >= 0.6 is 27.1 Å². The van der Waals surface area contributed by atoms with E-state index in [0.29, 0.717) is 5.54 Å². The zero-order valence-corrected chi connectivity index (χ0v) is 7.00. The van der Waals surface area contributed by atoms with Crippen LogP contribution in [0.4, 0.5) is 0 Å². The van der Waals surface area contributed by atoms with Gasteiger partial charge in [0.15, 0.2) is 0 Å². The second kappa shape index (κ2) is 2.69. The van der Waals surface area contributed by atoms with Crippen LogP contribution in [-0.2, 0) is 0 Å². The minimum atomic E-state index is 0.516. The molecule has 0 nitrogen and oxygen atoms in total. The highest BCUT2D eigenvalue weighted by molar-refractivity contribution is 9.25. The van der Waals surface area contributed by atoms with Gasteiger partial charge in [-0.3, -0.25) is 0 Å². The highest BCUT2D eigenvalue weighted by Gasteiger charge is 2.03. The summed E-state index contributed by atoms with van der Waals surface area (Å²) < 4.78 is 1.39. The maximum Gasteiger partial charge on any atom is 0.263 e. The van der Waals surface area contributed by atoms with Gasteiger partial charge in [0.25, 0.3) is 5.54 Å². The van der Waals surface area contributed by atoms with Crippen molar-refractivity contribution in [2.75, 3.05) is 0 Å². The quantitative estimate of drug-likeness (QED) is 0.592. The zero-order valence-electron chi connectivity index (χ0n) is 4.60. The highest BCUT2D eigenvalue weighted by atomic mass is 79.9. The van der Waals surface area contributed by atoms with Crippen LogP contribution in [0.2, 0.25) is 6.82 Å². The van der Waals surface area contributed by atoms with Gasteiger partial charge in [-0.2, -0.15) is 11.3 Å². The summed E-state index contributed by atoms with van der Waals surface area (Å²) in [7, 11) is 0. The Morgan fingerprint density at radius 2 is 2.50 bits per heavy atom. The molecule has 0 amide bonds. The van der Waals surface area contributed by atoms with E-state index in [1.807, 2.05) is 0 Å². The number of hydrogen-bond donors (Lipinski definition) is 0. The first kappa shape index (κ1) is 6.37. The van der Waals surface area contributed by atoms with Crippen molar-refractivity contribution in [3.63, 3.8) is 0 Å². The normalized spacial score (nSPS) is 9.25. The van der Waals surface area contributed by atoms with E-state index in [0.717, 1.165) is 0 Å². The largest absolute Gasteiger partial charge is 0.263 e. The molecule has 0 unspecified atom stereocenters. The predicted octanol–water partition coefficient (Wildman–Crippen LogP) is 1.97. The molecule has 0 fully saturated rings. The van der Waals surface area contributed by atoms with Gasteiger partial charge in [0.2, 0.25) is 0 Å². The Bertz CT molecular complexity index is 147. The van der Waals surface area contributed by atoms with Gasteiger partial charge in [-0.1, -0.05) is 19.0 Å². The van der Waals surface area contributed by atoms with Gasteiger partial charge in [-0.05, 0) is 10.2 Å². The molecule has 1 aromatic heterocycles. The summed E-state index contributed by atoms with van der Waals surface area (Å²) in [4.78, 5) is 0. The molecular formula is C5H6BBrS. The van der Waals surface area contributed by atoms with Gasteiger partial charge in [-0.25, -0.2) is 0 Å². The van der Waals surface area contributed by atoms with Crippen molar-refractivity contribution in [3.05, 3.63) is 17.5 Å². The van der Waals surface area contributed by atoms with Crippen LogP contribution in [0, 0.1) is 0 Å². The maximum absolute atomic E-state index is 3.47. The minimum Gasteiger partial charge on any atom is -0.158 e. The third-order valence-corrected chi connectivity index (χ3v) is 2.79. The number of hydrogen-bond acceptors (Lipinski definition) is 1. The fraction of sp³-hybridized carbons (Fsp3) is 0.200. The van der Waals surface area contributed by atoms with Crippen molar-refractivity contribution in [2.45, 2.75) is 6.82 Å². The summed E-state index contributed by atoms with van der Waals surface area (Å²) >= 11 is 5.26. The molecule has 0 aliphatic heterocycles. The van der Waals surface area contributed by atoms with E-state index in [1.165, 1.54) is 4.78 Å². The Hall–Kier alpha value is 0.245. The maximum atomic E-state index is 3.47. The fourth-order valence-corrected chi connectivity index (χ4v) is 1.65. The molecule has 1 heterocycles. The summed E-state index contributed by atoms with van der Waals surface area (Å²) in [5, 5.41) is 2.09. The van der Waals surface area contributed by atoms with Gasteiger partial charge in [0, 0.05) is 0 Å². The Labute approximate surface area is 62.0 Å². The summed E-state index contributed by atoms with van der Waals surface area (Å²) in [5.41, 5.74) is 0.516. The van der Waals surface area contributed by atoms with Crippen LogP contribution in [-0.4, -0.2) is 5.54 Å². The lowest BCUT2D eigenvalue weighted by Gasteiger charge is -1.88. The van der Waals surface area contributed by atoms with E-state index in [2.05, 4.69) is 40.1 Å². The topological polar surface area (TPSA) is 0 Å². The molecule has 0 bridgehead atoms. The third kappa shape index (κ3) is 1.36. The van der Waals surface area contributed by atoms with Gasteiger partial charge in [0.05, 0.1) is 0 Å². The average Bonchev–Trinajstić information content (AvgIpc) is 2.12. The van der Waals surface area contributed by atoms with Gasteiger partial charge >= 0.3 is 0 Å². The molecule has 0 spiro atoms. The van der Waals surface area contributed by atoms with E-state index in [1.54, 1.807) is 11.3 Å². The van der Waals surface area contributed by atoms with Gasteiger partial charge in [-0.15, -0.1) is 15.8 Å². The van der Waals surface area contributed by atoms with Gasteiger partial charge in [0.1, 0.15) is 0 Å². The molecule has 0 aliphatic carbocycles. The highest BCUT2D eigenvalue weighted by Crippen LogP contribution is 2.00. The Balaban J connectivity index is 2.77. The molecule has 0 atom stereocenters. The Morgan fingerprint density at radius 1 is 1.75 bits per heavy atom. The second-order valence-electron chi connectivity index (χ2n) is 1.63. The molecule has 1 aromatic rings. The first-order chi connectivity index (χ1) is 3.80. The molecule has 0 aromatic carbocycles. The first-order valence-electron chi connectivity index (χ1n) is 2.48. The summed E-state index contributed by atoms with van der Waals surface area (Å²) in [5.74, 6) is 0. The predicted molar refractivity (Wildman–Crippen MR) is 44.5 cm³/mol. The Kier molecular flexibility index (Phi) is 2.14. The van der Waals surface area contributed by atoms with E-state index in [-0.39, 0.29) is 0 Å². The zero-order chi connectivity index (χ0) is 5.98. The molecule has 0 N–H and O–H groups in total. The van der Waals surface area contributed by atoms with Crippen LogP contribution in [0.25, 0.3) is 0 Å². The van der Waals surface area contributed by atoms with Crippen molar-refractivity contribution in [2.24, 2.45) is 0 Å². The monoisotopic (exact) mass is 188 g/mol. The molecule has 0 saturated carbocycles. The Morgan fingerprint density at radius 3 is 2.75 bits per heavy atom. The number of halogens is 1. The van der Waals surface area contributed by atoms with Crippen LogP contribution in [0.1, 0.15) is 0 Å². The molecule has 0 aliphatic rings. The SMILES string of the molecule is CB(Br)c1cccs1. The lowest BCUT2D eigenvalue weighted by atomic mass is 9.80. The van der Waals surface area contributed by atoms with E-state index < -0.39 is 0 Å². The average molecular weight is 189 g/mol. The van der Waals surface area contributed by atoms with Crippen LogP contribution < -0.4 is 4.78 Å². The van der Waals surface area contributed by atoms with E-state index >= 15 is 0 Å². The first-order valence-corrected chi connectivity index (χ1v) is 4.27. The van der Waals surface area contributed by atoms with Crippen molar-refractivity contribution in [3.8, 4) is 0 Å². The summed E-state index contributed by atoms with van der Waals surface area (Å²) in [6, 6.07) is 4.20. The third-order valence-electron chi connectivity index (χ3n) is 0.935. The van der Waals surface area contributed by atoms with Crippen molar-refractivity contribution < 1.29 is 0 Å². The van der Waals surface area contributed by atoms with E-state index in [9.17, 15) is 0 Å². The van der Waals surface area contributed by atoms with Crippen LogP contribution in [0.5, 0.6) is 0 Å². The number of rotatable bonds is 1. The molecule has 3 heteroatoms. The van der Waals surface area contributed by atoms with Crippen LogP contribution in [0.15, 0.2) is 17.5 Å². The molecule has 8 heavy (non-hydrogen) atoms. The molecule has 0 radical (unpaired) electrons. The summed E-state index contributed by atoms with van der Waals surface area (Å²) in [6.07, 6.45) is 0. The lowest BCUT2D eigenvalue weighted by molar-refractivity contribution is 2.05. The van der Waals surface area contributed by atoms with E-state index in [4.69, 9.17) is 0 Å². The van der Waals surface area contributed by atoms with Crippen LogP contribution in [0.3, 0.4) is 0 Å². The molecule has 1 rings (SSSR count). The molecule has 42 valence electrons. The fourth-order valence-electron chi connectivity index (χ4n) is 0.518. The van der Waals surface area contributed by atoms with Crippen molar-refractivity contribution >= 4 is 37.4 Å². The smallest absolute Gasteiger partial charge is 0.158 e. The molecule has 0 saturated heterocycles. The van der Waals surface area contributed by atoms with Gasteiger partial charge < -0.3 is 0 Å².